The molecule has 0 radical (unpaired) electrons. The van der Waals surface area contributed by atoms with Gasteiger partial charge < -0.3 is 15.2 Å². The second kappa shape index (κ2) is 9.44. The third-order valence-corrected chi connectivity index (χ3v) is 6.12. The first-order valence-electron chi connectivity index (χ1n) is 10.5. The Morgan fingerprint density at radius 2 is 1.79 bits per heavy atom. The molecule has 0 aliphatic rings. The summed E-state index contributed by atoms with van der Waals surface area (Å²) < 4.78 is 30.3. The maximum atomic E-state index is 12.8. The van der Waals surface area contributed by atoms with Crippen LogP contribution in [-0.4, -0.2) is 21.7 Å². The molecule has 0 saturated heterocycles. The Balaban J connectivity index is 1.57. The van der Waals surface area contributed by atoms with Crippen molar-refractivity contribution < 1.29 is 18.6 Å². The minimum absolute atomic E-state index is 0.00983. The van der Waals surface area contributed by atoms with E-state index in [9.17, 15) is 13.9 Å². The Hall–Kier alpha value is -4.04. The van der Waals surface area contributed by atoms with Gasteiger partial charge in [-0.1, -0.05) is 60.7 Å². The number of alkyl halides is 2. The number of rotatable bonds is 7. The maximum Gasteiger partial charge on any atom is 0.387 e. The van der Waals surface area contributed by atoms with Crippen molar-refractivity contribution in [1.29, 1.82) is 0 Å². The number of hydrogen-bond donors (Lipinski definition) is 2. The number of phenols is 1. The lowest BCUT2D eigenvalue weighted by Crippen LogP contribution is -2.13. The van der Waals surface area contributed by atoms with Gasteiger partial charge in [-0.2, -0.15) is 8.78 Å². The number of nitrogens with one attached hydrogen (secondary N) is 1. The Morgan fingerprint density at radius 3 is 2.62 bits per heavy atom. The summed E-state index contributed by atoms with van der Waals surface area (Å²) in [5, 5.41) is 17.8. The van der Waals surface area contributed by atoms with E-state index in [1.807, 2.05) is 47.8 Å². The molecule has 0 saturated carbocycles. The average molecular weight is 476 g/mol. The number of halogens is 2. The lowest BCUT2D eigenvalue weighted by molar-refractivity contribution is -0.0498. The highest BCUT2D eigenvalue weighted by Gasteiger charge is 2.22. The van der Waals surface area contributed by atoms with Crippen LogP contribution in [0.15, 0.2) is 90.4 Å². The summed E-state index contributed by atoms with van der Waals surface area (Å²) in [6.45, 7) is -2.94. The third-order valence-electron chi connectivity index (χ3n) is 5.35. The van der Waals surface area contributed by atoms with Gasteiger partial charge in [-0.05, 0) is 23.8 Å². The largest absolute Gasteiger partial charge is 0.505 e. The van der Waals surface area contributed by atoms with Crippen molar-refractivity contribution in [3.8, 4) is 22.8 Å². The zero-order chi connectivity index (χ0) is 23.5. The highest BCUT2D eigenvalue weighted by atomic mass is 32.1. The molecule has 5 nitrogen and oxygen atoms in total. The van der Waals surface area contributed by atoms with Crippen molar-refractivity contribution in [3.63, 3.8) is 0 Å². The number of phenolic OH excluding ortho intramolecular Hbond substituents is 1. The van der Waals surface area contributed by atoms with Crippen LogP contribution in [0.25, 0.3) is 22.2 Å². The zero-order valence-corrected chi connectivity index (χ0v) is 18.5. The summed E-state index contributed by atoms with van der Waals surface area (Å²) in [5.74, 6) is 0.0393. The summed E-state index contributed by atoms with van der Waals surface area (Å²) >= 11 is 1.42. The topological polar surface area (TPSA) is 67.3 Å². The molecule has 2 heterocycles. The van der Waals surface area contributed by atoms with Gasteiger partial charge in [0.25, 0.3) is 0 Å². The van der Waals surface area contributed by atoms with Gasteiger partial charge in [0.15, 0.2) is 5.13 Å². The Morgan fingerprint density at radius 1 is 0.941 bits per heavy atom. The van der Waals surface area contributed by atoms with E-state index >= 15 is 0 Å². The lowest BCUT2D eigenvalue weighted by Gasteiger charge is -2.21. The van der Waals surface area contributed by atoms with E-state index in [1.165, 1.54) is 23.5 Å². The first-order valence-corrected chi connectivity index (χ1v) is 11.4. The van der Waals surface area contributed by atoms with E-state index in [4.69, 9.17) is 4.98 Å². The third kappa shape index (κ3) is 4.53. The monoisotopic (exact) mass is 475 g/mol. The summed E-state index contributed by atoms with van der Waals surface area (Å²) in [4.78, 5) is 9.00. The molecule has 0 fully saturated rings. The first-order chi connectivity index (χ1) is 16.6. The number of nitrogens with zero attached hydrogens (tertiary/aromatic N) is 2. The molecule has 2 N–H and O–H groups in total. The minimum Gasteiger partial charge on any atom is -0.505 e. The number of hydrogen-bond acceptors (Lipinski definition) is 6. The van der Waals surface area contributed by atoms with Gasteiger partial charge in [0, 0.05) is 28.1 Å². The molecule has 0 bridgehead atoms. The van der Waals surface area contributed by atoms with Crippen LogP contribution >= 0.6 is 11.3 Å². The average Bonchev–Trinajstić information content (AvgIpc) is 3.32. The first kappa shape index (κ1) is 21.8. The molecule has 1 atom stereocenters. The van der Waals surface area contributed by atoms with Crippen molar-refractivity contribution in [2.24, 2.45) is 0 Å². The Labute approximate surface area is 198 Å². The number of thiazole rings is 1. The minimum atomic E-state index is -2.94. The fourth-order valence-electron chi connectivity index (χ4n) is 3.79. The number of aromatic hydroxyl groups is 1. The van der Waals surface area contributed by atoms with E-state index in [0.29, 0.717) is 21.8 Å². The highest BCUT2D eigenvalue weighted by Crippen LogP contribution is 2.38. The van der Waals surface area contributed by atoms with Gasteiger partial charge >= 0.3 is 6.61 Å². The van der Waals surface area contributed by atoms with Crippen LogP contribution in [0.2, 0.25) is 0 Å². The molecular weight excluding hydrogens is 456 g/mol. The van der Waals surface area contributed by atoms with Crippen LogP contribution in [0.4, 0.5) is 13.9 Å². The Bertz CT molecular complexity index is 1430. The van der Waals surface area contributed by atoms with Crippen LogP contribution in [-0.2, 0) is 0 Å². The fourth-order valence-corrected chi connectivity index (χ4v) is 4.54. The van der Waals surface area contributed by atoms with Crippen molar-refractivity contribution in [3.05, 3.63) is 102 Å². The smallest absolute Gasteiger partial charge is 0.387 e. The number of ether oxygens (including phenoxy) is 1. The second-order valence-corrected chi connectivity index (χ2v) is 8.37. The summed E-state index contributed by atoms with van der Waals surface area (Å²) in [7, 11) is 0. The van der Waals surface area contributed by atoms with E-state index in [-0.39, 0.29) is 11.5 Å². The molecule has 0 aliphatic heterocycles. The van der Waals surface area contributed by atoms with Gasteiger partial charge in [0.05, 0.1) is 11.7 Å². The van der Waals surface area contributed by atoms with Crippen LogP contribution in [0.3, 0.4) is 0 Å². The molecule has 170 valence electrons. The molecule has 8 heteroatoms. The molecule has 0 aliphatic carbocycles. The molecule has 2 aromatic heterocycles. The molecular formula is C26H19F2N3O2S. The van der Waals surface area contributed by atoms with E-state index in [2.05, 4.69) is 15.0 Å². The number of pyridine rings is 1. The molecule has 5 aromatic rings. The predicted octanol–water partition coefficient (Wildman–Crippen LogP) is 6.87. The molecule has 0 amide bonds. The van der Waals surface area contributed by atoms with Crippen molar-refractivity contribution >= 4 is 27.4 Å². The SMILES string of the molecule is Oc1c(C(Nc2nc(-c3ccccc3)cs2)c2cccc(OC(F)F)c2)ccc2cccnc12. The van der Waals surface area contributed by atoms with Crippen molar-refractivity contribution in [2.45, 2.75) is 12.7 Å². The maximum absolute atomic E-state index is 12.8. The lowest BCUT2D eigenvalue weighted by atomic mass is 9.96. The summed E-state index contributed by atoms with van der Waals surface area (Å²) in [6, 6.07) is 22.9. The molecule has 34 heavy (non-hydrogen) atoms. The molecule has 5 rings (SSSR count). The predicted molar refractivity (Wildman–Crippen MR) is 129 cm³/mol. The van der Waals surface area contributed by atoms with Crippen LogP contribution in [0, 0.1) is 0 Å². The standard InChI is InChI=1S/C26H19F2N3O2S/c27-25(28)33-19-10-4-8-18(14-19)22(20-12-11-17-9-5-13-29-23(17)24(20)32)31-26-30-21(15-34-26)16-6-2-1-3-7-16/h1-15,22,25,32H,(H,30,31). The summed E-state index contributed by atoms with van der Waals surface area (Å²) in [5.41, 5.74) is 3.41. The van der Waals surface area contributed by atoms with Gasteiger partial charge in [-0.15, -0.1) is 11.3 Å². The van der Waals surface area contributed by atoms with Gasteiger partial charge in [0.2, 0.25) is 0 Å². The fraction of sp³-hybridized carbons (Fsp3) is 0.0769. The number of benzene rings is 3. The number of aromatic nitrogens is 2. The van der Waals surface area contributed by atoms with Gasteiger partial charge in [-0.25, -0.2) is 4.98 Å². The van der Waals surface area contributed by atoms with Gasteiger partial charge in [0.1, 0.15) is 17.0 Å². The van der Waals surface area contributed by atoms with Crippen LogP contribution in [0.1, 0.15) is 17.2 Å². The highest BCUT2D eigenvalue weighted by molar-refractivity contribution is 7.14. The van der Waals surface area contributed by atoms with E-state index in [0.717, 1.165) is 16.6 Å². The molecule has 0 spiro atoms. The van der Waals surface area contributed by atoms with E-state index in [1.54, 1.807) is 30.5 Å². The summed E-state index contributed by atoms with van der Waals surface area (Å²) in [6.07, 6.45) is 1.61. The Kier molecular flexibility index (Phi) is 6.05. The van der Waals surface area contributed by atoms with E-state index < -0.39 is 12.7 Å². The zero-order valence-electron chi connectivity index (χ0n) is 17.7. The van der Waals surface area contributed by atoms with Crippen LogP contribution < -0.4 is 10.1 Å². The normalized spacial score (nSPS) is 12.1. The van der Waals surface area contributed by atoms with Gasteiger partial charge in [-0.3, -0.25) is 4.98 Å². The number of anilines is 1. The molecule has 3 aromatic carbocycles. The number of fused-ring (bicyclic) bond motifs is 1. The van der Waals surface area contributed by atoms with Crippen LogP contribution in [0.5, 0.6) is 11.5 Å². The quantitative estimate of drug-likeness (QED) is 0.269. The van der Waals surface area contributed by atoms with Crippen molar-refractivity contribution in [2.75, 3.05) is 5.32 Å². The molecule has 1 unspecified atom stereocenters. The van der Waals surface area contributed by atoms with Crippen molar-refractivity contribution in [1.82, 2.24) is 9.97 Å². The second-order valence-electron chi connectivity index (χ2n) is 7.51.